The van der Waals surface area contributed by atoms with E-state index in [1.807, 2.05) is 32.2 Å². The number of anilines is 2. The Morgan fingerprint density at radius 1 is 1.24 bits per heavy atom. The van der Waals surface area contributed by atoms with Gasteiger partial charge in [0.25, 0.3) is 0 Å². The van der Waals surface area contributed by atoms with E-state index >= 15 is 0 Å². The summed E-state index contributed by atoms with van der Waals surface area (Å²) < 4.78 is 39.6. The molecule has 2 aromatic heterocycles. The Labute approximate surface area is 143 Å². The van der Waals surface area contributed by atoms with Crippen molar-refractivity contribution in [2.75, 3.05) is 30.4 Å². The lowest BCUT2D eigenvalue weighted by Gasteiger charge is -2.20. The maximum Gasteiger partial charge on any atom is 0.435 e. The van der Waals surface area contributed by atoms with Crippen molar-refractivity contribution in [1.29, 1.82) is 0 Å². The number of halogens is 3. The minimum atomic E-state index is -4.48. The van der Waals surface area contributed by atoms with Crippen molar-refractivity contribution in [3.63, 3.8) is 0 Å². The van der Waals surface area contributed by atoms with E-state index in [1.54, 1.807) is 0 Å². The fourth-order valence-electron chi connectivity index (χ4n) is 2.53. The van der Waals surface area contributed by atoms with Crippen LogP contribution in [0.1, 0.15) is 11.3 Å². The van der Waals surface area contributed by atoms with Crippen LogP contribution >= 0.6 is 0 Å². The van der Waals surface area contributed by atoms with Crippen LogP contribution in [-0.2, 0) is 6.18 Å². The highest BCUT2D eigenvalue weighted by atomic mass is 19.4. The normalized spacial score (nSPS) is 11.7. The summed E-state index contributed by atoms with van der Waals surface area (Å²) in [7, 11) is 1.96. The lowest BCUT2D eigenvalue weighted by molar-refractivity contribution is -0.141. The van der Waals surface area contributed by atoms with Crippen LogP contribution in [0.15, 0.2) is 42.7 Å². The molecule has 8 heteroatoms. The molecule has 5 nitrogen and oxygen atoms in total. The van der Waals surface area contributed by atoms with E-state index in [4.69, 9.17) is 0 Å². The quantitative estimate of drug-likeness (QED) is 0.764. The van der Waals surface area contributed by atoms with Crippen LogP contribution in [0, 0.1) is 6.92 Å². The zero-order chi connectivity index (χ0) is 18.0. The fourth-order valence-corrected chi connectivity index (χ4v) is 2.53. The predicted molar refractivity (Wildman–Crippen MR) is 90.9 cm³/mol. The zero-order valence-electron chi connectivity index (χ0n) is 13.9. The van der Waals surface area contributed by atoms with Crippen molar-refractivity contribution in [2.24, 2.45) is 0 Å². The molecule has 3 aromatic rings. The average Bonchev–Trinajstić information content (AvgIpc) is 3.00. The minimum absolute atomic E-state index is 0.299. The van der Waals surface area contributed by atoms with Crippen LogP contribution in [0.5, 0.6) is 0 Å². The Balaban J connectivity index is 1.70. The molecule has 0 aliphatic rings. The summed E-state index contributed by atoms with van der Waals surface area (Å²) >= 11 is 0. The molecule has 0 aliphatic heterocycles. The van der Waals surface area contributed by atoms with Gasteiger partial charge in [0, 0.05) is 44.3 Å². The minimum Gasteiger partial charge on any atom is -0.373 e. The number of nitrogens with one attached hydrogen (secondary N) is 1. The molecule has 0 spiro atoms. The van der Waals surface area contributed by atoms with Gasteiger partial charge >= 0.3 is 6.18 Å². The van der Waals surface area contributed by atoms with Gasteiger partial charge in [-0.1, -0.05) is 12.1 Å². The van der Waals surface area contributed by atoms with E-state index in [0.29, 0.717) is 24.4 Å². The highest BCUT2D eigenvalue weighted by Gasteiger charge is 2.34. The molecule has 25 heavy (non-hydrogen) atoms. The SMILES string of the molecule is Cc1cccc(N(C)CCNc2nccn3nc(C(F)(F)F)cc23)c1. The predicted octanol–water partition coefficient (Wildman–Crippen LogP) is 3.60. The van der Waals surface area contributed by atoms with Crippen molar-refractivity contribution in [3.8, 4) is 0 Å². The molecule has 3 rings (SSSR count). The third-order valence-corrected chi connectivity index (χ3v) is 3.86. The molecule has 0 saturated heterocycles. The van der Waals surface area contributed by atoms with E-state index in [2.05, 4.69) is 26.4 Å². The summed E-state index contributed by atoms with van der Waals surface area (Å²) in [5, 5.41) is 6.63. The molecule has 1 aromatic carbocycles. The summed E-state index contributed by atoms with van der Waals surface area (Å²) in [4.78, 5) is 6.20. The van der Waals surface area contributed by atoms with Crippen LogP contribution in [0.2, 0.25) is 0 Å². The summed E-state index contributed by atoms with van der Waals surface area (Å²) in [6, 6.07) is 9.10. The van der Waals surface area contributed by atoms with Crippen LogP contribution in [0.25, 0.3) is 5.52 Å². The van der Waals surface area contributed by atoms with Crippen LogP contribution in [0.4, 0.5) is 24.7 Å². The number of rotatable bonds is 5. The van der Waals surface area contributed by atoms with Crippen molar-refractivity contribution in [3.05, 3.63) is 54.0 Å². The Morgan fingerprint density at radius 3 is 2.76 bits per heavy atom. The van der Waals surface area contributed by atoms with Gasteiger partial charge in [-0.05, 0) is 24.6 Å². The highest BCUT2D eigenvalue weighted by Crippen LogP contribution is 2.30. The molecule has 2 heterocycles. The number of aryl methyl sites for hydroxylation is 1. The summed E-state index contributed by atoms with van der Waals surface area (Å²) in [5.74, 6) is 0.378. The molecule has 1 N–H and O–H groups in total. The summed E-state index contributed by atoms with van der Waals surface area (Å²) in [6.45, 7) is 3.23. The Hall–Kier alpha value is -2.77. The molecular weight excluding hydrogens is 331 g/mol. The van der Waals surface area contributed by atoms with Crippen LogP contribution < -0.4 is 10.2 Å². The van der Waals surface area contributed by atoms with Crippen molar-refractivity contribution in [1.82, 2.24) is 14.6 Å². The third-order valence-electron chi connectivity index (χ3n) is 3.86. The van der Waals surface area contributed by atoms with Gasteiger partial charge in [0.05, 0.1) is 0 Å². The first-order valence-corrected chi connectivity index (χ1v) is 7.78. The molecule has 0 bridgehead atoms. The van der Waals surface area contributed by atoms with Gasteiger partial charge in [0.1, 0.15) is 5.52 Å². The van der Waals surface area contributed by atoms with Gasteiger partial charge in [-0.2, -0.15) is 18.3 Å². The van der Waals surface area contributed by atoms with Crippen LogP contribution in [0.3, 0.4) is 0 Å². The van der Waals surface area contributed by atoms with E-state index in [0.717, 1.165) is 11.8 Å². The maximum atomic E-state index is 12.8. The molecule has 0 amide bonds. The van der Waals surface area contributed by atoms with Gasteiger partial charge in [0.2, 0.25) is 0 Å². The van der Waals surface area contributed by atoms with E-state index in [-0.39, 0.29) is 0 Å². The first-order valence-electron chi connectivity index (χ1n) is 7.78. The Bertz CT molecular complexity index is 872. The van der Waals surface area contributed by atoms with E-state index < -0.39 is 11.9 Å². The average molecular weight is 349 g/mol. The van der Waals surface area contributed by atoms with Gasteiger partial charge in [-0.3, -0.25) is 0 Å². The van der Waals surface area contributed by atoms with Crippen molar-refractivity contribution < 1.29 is 13.2 Å². The number of aromatic nitrogens is 3. The maximum absolute atomic E-state index is 12.8. The topological polar surface area (TPSA) is 45.5 Å². The molecule has 0 radical (unpaired) electrons. The van der Waals surface area contributed by atoms with Gasteiger partial charge in [0.15, 0.2) is 11.5 Å². The first-order chi connectivity index (χ1) is 11.8. The monoisotopic (exact) mass is 349 g/mol. The smallest absolute Gasteiger partial charge is 0.373 e. The number of alkyl halides is 3. The van der Waals surface area contributed by atoms with Crippen LogP contribution in [-0.4, -0.2) is 34.7 Å². The van der Waals surface area contributed by atoms with Gasteiger partial charge in [-0.25, -0.2) is 9.50 Å². The second kappa shape index (κ2) is 6.62. The summed E-state index contributed by atoms with van der Waals surface area (Å²) in [5.41, 5.74) is 1.62. The van der Waals surface area contributed by atoms with E-state index in [1.165, 1.54) is 22.5 Å². The number of likely N-dealkylation sites (N-methyl/N-ethyl adjacent to an activating group) is 1. The third kappa shape index (κ3) is 3.84. The molecule has 132 valence electrons. The van der Waals surface area contributed by atoms with E-state index in [9.17, 15) is 13.2 Å². The number of hydrogen-bond donors (Lipinski definition) is 1. The molecule has 0 unspecified atom stereocenters. The first kappa shape index (κ1) is 17.1. The largest absolute Gasteiger partial charge is 0.435 e. The fraction of sp³-hybridized carbons (Fsp3) is 0.294. The second-order valence-electron chi connectivity index (χ2n) is 5.82. The summed E-state index contributed by atoms with van der Waals surface area (Å²) in [6.07, 6.45) is -1.66. The molecule has 0 atom stereocenters. The van der Waals surface area contributed by atoms with Crippen molar-refractivity contribution in [2.45, 2.75) is 13.1 Å². The zero-order valence-corrected chi connectivity index (χ0v) is 13.9. The Kier molecular flexibility index (Phi) is 4.52. The lowest BCUT2D eigenvalue weighted by atomic mass is 10.2. The second-order valence-corrected chi connectivity index (χ2v) is 5.82. The molecular formula is C17H18F3N5. The lowest BCUT2D eigenvalue weighted by Crippen LogP contribution is -2.25. The van der Waals surface area contributed by atoms with Gasteiger partial charge < -0.3 is 10.2 Å². The Morgan fingerprint density at radius 2 is 2.04 bits per heavy atom. The molecule has 0 fully saturated rings. The number of nitrogens with zero attached hydrogens (tertiary/aromatic N) is 4. The standard InChI is InChI=1S/C17H18F3N5/c1-12-4-3-5-13(10-12)24(2)8-6-21-16-14-11-15(17(18,19)20)23-25(14)9-7-22-16/h3-5,7,9-11H,6,8H2,1-2H3,(H,21,22). The van der Waals surface area contributed by atoms with Crippen molar-refractivity contribution >= 4 is 17.0 Å². The number of hydrogen-bond acceptors (Lipinski definition) is 4. The number of benzene rings is 1. The molecule has 0 aliphatic carbocycles. The van der Waals surface area contributed by atoms with Gasteiger partial charge in [-0.15, -0.1) is 0 Å². The molecule has 0 saturated carbocycles. The number of fused-ring (bicyclic) bond motifs is 1. The highest BCUT2D eigenvalue weighted by molar-refractivity contribution is 5.68.